The summed E-state index contributed by atoms with van der Waals surface area (Å²) in [5, 5.41) is 6.00. The van der Waals surface area contributed by atoms with Gasteiger partial charge >= 0.3 is 0 Å². The van der Waals surface area contributed by atoms with Gasteiger partial charge in [-0.25, -0.2) is 4.39 Å². The van der Waals surface area contributed by atoms with E-state index < -0.39 is 0 Å². The molecule has 0 aromatic heterocycles. The maximum Gasteiger partial charge on any atom is 0.234 e. The Morgan fingerprint density at radius 3 is 2.44 bits per heavy atom. The zero-order valence-corrected chi connectivity index (χ0v) is 11.2. The minimum absolute atomic E-state index is 0.0155. The molecule has 0 saturated heterocycles. The van der Waals surface area contributed by atoms with Gasteiger partial charge in [-0.3, -0.25) is 4.79 Å². The summed E-state index contributed by atoms with van der Waals surface area (Å²) in [5.74, 6) is -0.265. The second-order valence-corrected chi connectivity index (χ2v) is 4.53. The van der Waals surface area contributed by atoms with E-state index in [4.69, 9.17) is 0 Å². The normalized spacial score (nSPS) is 14.0. The highest BCUT2D eigenvalue weighted by Gasteiger charge is 2.09. The van der Waals surface area contributed by atoms with Crippen LogP contribution in [-0.4, -0.2) is 18.5 Å². The number of hydrogen-bond donors (Lipinski definition) is 2. The lowest BCUT2D eigenvalue weighted by Crippen LogP contribution is -2.39. The molecule has 0 saturated carbocycles. The monoisotopic (exact) mass is 252 g/mol. The van der Waals surface area contributed by atoms with Crippen LogP contribution in [0.25, 0.3) is 0 Å². The highest BCUT2D eigenvalue weighted by Crippen LogP contribution is 2.12. The first-order chi connectivity index (χ1) is 8.52. The van der Waals surface area contributed by atoms with Gasteiger partial charge in [0.2, 0.25) is 5.91 Å². The molecule has 2 unspecified atom stereocenters. The van der Waals surface area contributed by atoms with E-state index in [0.717, 1.165) is 12.0 Å². The number of nitrogens with one attached hydrogen (secondary N) is 2. The van der Waals surface area contributed by atoms with Gasteiger partial charge in [-0.2, -0.15) is 0 Å². The second kappa shape index (κ2) is 7.11. The summed E-state index contributed by atoms with van der Waals surface area (Å²) >= 11 is 0. The first-order valence-corrected chi connectivity index (χ1v) is 6.31. The van der Waals surface area contributed by atoms with Crippen molar-refractivity contribution in [2.75, 3.05) is 6.54 Å². The molecule has 2 atom stereocenters. The van der Waals surface area contributed by atoms with Crippen LogP contribution < -0.4 is 10.6 Å². The molecule has 0 aliphatic rings. The molecule has 2 N–H and O–H groups in total. The van der Waals surface area contributed by atoms with Crippen LogP contribution in [0.1, 0.15) is 38.8 Å². The Kier molecular flexibility index (Phi) is 5.78. The SMILES string of the molecule is CCC(C)NC(=O)CNC(C)c1ccc(F)cc1. The molecule has 0 fully saturated rings. The van der Waals surface area contributed by atoms with Gasteiger partial charge in [0.25, 0.3) is 0 Å². The number of rotatable bonds is 6. The van der Waals surface area contributed by atoms with Crippen molar-refractivity contribution in [3.8, 4) is 0 Å². The summed E-state index contributed by atoms with van der Waals surface area (Å²) in [6.07, 6.45) is 0.916. The zero-order valence-electron chi connectivity index (χ0n) is 11.2. The molecule has 0 heterocycles. The Morgan fingerprint density at radius 1 is 1.28 bits per heavy atom. The average Bonchev–Trinajstić information content (AvgIpc) is 2.36. The molecule has 0 aliphatic heterocycles. The predicted molar refractivity (Wildman–Crippen MR) is 70.7 cm³/mol. The Hall–Kier alpha value is -1.42. The lowest BCUT2D eigenvalue weighted by Gasteiger charge is -2.16. The highest BCUT2D eigenvalue weighted by molar-refractivity contribution is 5.78. The van der Waals surface area contributed by atoms with Crippen molar-refractivity contribution < 1.29 is 9.18 Å². The van der Waals surface area contributed by atoms with Crippen LogP contribution in [0.5, 0.6) is 0 Å². The summed E-state index contributed by atoms with van der Waals surface area (Å²) in [5.41, 5.74) is 0.965. The molecule has 0 spiro atoms. The van der Waals surface area contributed by atoms with Crippen LogP contribution in [0.4, 0.5) is 4.39 Å². The van der Waals surface area contributed by atoms with Crippen LogP contribution in [0.2, 0.25) is 0 Å². The summed E-state index contributed by atoms with van der Waals surface area (Å²) < 4.78 is 12.8. The largest absolute Gasteiger partial charge is 0.353 e. The summed E-state index contributed by atoms with van der Waals surface area (Å²) in [4.78, 5) is 11.6. The van der Waals surface area contributed by atoms with Gasteiger partial charge in [0.15, 0.2) is 0 Å². The van der Waals surface area contributed by atoms with Gasteiger partial charge in [0, 0.05) is 12.1 Å². The highest BCUT2D eigenvalue weighted by atomic mass is 19.1. The van der Waals surface area contributed by atoms with Gasteiger partial charge in [-0.05, 0) is 38.0 Å². The molecule has 1 rings (SSSR count). The third-order valence-corrected chi connectivity index (χ3v) is 2.96. The number of benzene rings is 1. The van der Waals surface area contributed by atoms with Crippen molar-refractivity contribution in [3.63, 3.8) is 0 Å². The molecule has 3 nitrogen and oxygen atoms in total. The van der Waals surface area contributed by atoms with E-state index in [1.807, 2.05) is 20.8 Å². The van der Waals surface area contributed by atoms with Gasteiger partial charge in [-0.15, -0.1) is 0 Å². The van der Waals surface area contributed by atoms with E-state index in [-0.39, 0.29) is 30.4 Å². The van der Waals surface area contributed by atoms with Crippen molar-refractivity contribution >= 4 is 5.91 Å². The van der Waals surface area contributed by atoms with Gasteiger partial charge in [-0.1, -0.05) is 19.1 Å². The Labute approximate surface area is 108 Å². The van der Waals surface area contributed by atoms with E-state index >= 15 is 0 Å². The molecular weight excluding hydrogens is 231 g/mol. The molecule has 1 amide bonds. The molecule has 0 bridgehead atoms. The van der Waals surface area contributed by atoms with Crippen molar-refractivity contribution in [1.82, 2.24) is 10.6 Å². The van der Waals surface area contributed by atoms with Crippen LogP contribution >= 0.6 is 0 Å². The lowest BCUT2D eigenvalue weighted by atomic mass is 10.1. The number of halogens is 1. The van der Waals surface area contributed by atoms with E-state index in [9.17, 15) is 9.18 Å². The Bertz CT molecular complexity index is 378. The molecule has 1 aromatic carbocycles. The molecule has 0 radical (unpaired) electrons. The van der Waals surface area contributed by atoms with E-state index in [1.54, 1.807) is 12.1 Å². The smallest absolute Gasteiger partial charge is 0.234 e. The average molecular weight is 252 g/mol. The Balaban J connectivity index is 2.39. The Morgan fingerprint density at radius 2 is 1.89 bits per heavy atom. The zero-order chi connectivity index (χ0) is 13.5. The van der Waals surface area contributed by atoms with Crippen molar-refractivity contribution in [2.24, 2.45) is 0 Å². The molecule has 4 heteroatoms. The summed E-state index contributed by atoms with van der Waals surface area (Å²) in [6.45, 7) is 6.22. The van der Waals surface area contributed by atoms with E-state index in [0.29, 0.717) is 0 Å². The predicted octanol–water partition coefficient (Wildman–Crippen LogP) is 2.39. The number of hydrogen-bond acceptors (Lipinski definition) is 2. The minimum Gasteiger partial charge on any atom is -0.353 e. The standard InChI is InChI=1S/C14H21FN2O/c1-4-10(2)17-14(18)9-16-11(3)12-5-7-13(15)8-6-12/h5-8,10-11,16H,4,9H2,1-3H3,(H,17,18). The van der Waals surface area contributed by atoms with Crippen LogP contribution in [-0.2, 0) is 4.79 Å². The quantitative estimate of drug-likeness (QED) is 0.816. The van der Waals surface area contributed by atoms with Gasteiger partial charge < -0.3 is 10.6 Å². The van der Waals surface area contributed by atoms with Gasteiger partial charge in [0.1, 0.15) is 5.82 Å². The lowest BCUT2D eigenvalue weighted by molar-refractivity contribution is -0.120. The van der Waals surface area contributed by atoms with Crippen LogP contribution in [0.3, 0.4) is 0 Å². The molecule has 1 aromatic rings. The fourth-order valence-electron chi connectivity index (χ4n) is 1.54. The maximum absolute atomic E-state index is 12.8. The first kappa shape index (κ1) is 14.6. The molecule has 0 aliphatic carbocycles. The van der Waals surface area contributed by atoms with Crippen molar-refractivity contribution in [3.05, 3.63) is 35.6 Å². The topological polar surface area (TPSA) is 41.1 Å². The number of carbonyl (C=O) groups excluding carboxylic acids is 1. The second-order valence-electron chi connectivity index (χ2n) is 4.53. The number of carbonyl (C=O) groups is 1. The third kappa shape index (κ3) is 4.84. The molecule has 100 valence electrons. The minimum atomic E-state index is -0.250. The number of amides is 1. The molecular formula is C14H21FN2O. The van der Waals surface area contributed by atoms with Crippen LogP contribution in [0.15, 0.2) is 24.3 Å². The van der Waals surface area contributed by atoms with Crippen molar-refractivity contribution in [1.29, 1.82) is 0 Å². The summed E-state index contributed by atoms with van der Waals surface area (Å²) in [7, 11) is 0. The molecule has 18 heavy (non-hydrogen) atoms. The van der Waals surface area contributed by atoms with Crippen molar-refractivity contribution in [2.45, 2.75) is 39.3 Å². The fraction of sp³-hybridized carbons (Fsp3) is 0.500. The summed E-state index contributed by atoms with van der Waals surface area (Å²) in [6, 6.07) is 6.51. The van der Waals surface area contributed by atoms with Crippen LogP contribution in [0, 0.1) is 5.82 Å². The van der Waals surface area contributed by atoms with E-state index in [2.05, 4.69) is 10.6 Å². The van der Waals surface area contributed by atoms with E-state index in [1.165, 1.54) is 12.1 Å². The first-order valence-electron chi connectivity index (χ1n) is 6.31. The van der Waals surface area contributed by atoms with Gasteiger partial charge in [0.05, 0.1) is 6.54 Å². The fourth-order valence-corrected chi connectivity index (χ4v) is 1.54. The maximum atomic E-state index is 12.8. The third-order valence-electron chi connectivity index (χ3n) is 2.96.